The van der Waals surface area contributed by atoms with Crippen molar-refractivity contribution in [1.29, 1.82) is 0 Å². The van der Waals surface area contributed by atoms with Crippen LogP contribution in [0.15, 0.2) is 29.2 Å². The number of benzene rings is 1. The molecule has 0 aliphatic heterocycles. The predicted molar refractivity (Wildman–Crippen MR) is 74.7 cm³/mol. The Bertz CT molecular complexity index is 658. The first-order valence-corrected chi connectivity index (χ1v) is 8.73. The van der Waals surface area contributed by atoms with Gasteiger partial charge in [0.1, 0.15) is 4.90 Å². The first kappa shape index (κ1) is 15.9. The second-order valence-corrected chi connectivity index (χ2v) is 8.72. The van der Waals surface area contributed by atoms with Crippen molar-refractivity contribution >= 4 is 25.7 Å². The van der Waals surface area contributed by atoms with E-state index in [1.165, 1.54) is 24.3 Å². The number of primary sulfonamides is 1. The maximum atomic E-state index is 11.9. The van der Waals surface area contributed by atoms with Crippen LogP contribution in [0.5, 0.6) is 0 Å². The fourth-order valence-electron chi connectivity index (χ4n) is 1.57. The molecule has 0 unspecified atom stereocenters. The van der Waals surface area contributed by atoms with E-state index in [0.717, 1.165) is 0 Å². The highest BCUT2D eigenvalue weighted by molar-refractivity contribution is 7.93. The van der Waals surface area contributed by atoms with Gasteiger partial charge in [0.05, 0.1) is 11.4 Å². The van der Waals surface area contributed by atoms with Crippen LogP contribution < -0.4 is 9.86 Å². The average Bonchev–Trinajstić information content (AvgIpc) is 2.11. The molecule has 0 spiro atoms. The van der Waals surface area contributed by atoms with Crippen molar-refractivity contribution in [3.8, 4) is 0 Å². The van der Waals surface area contributed by atoms with E-state index in [0.29, 0.717) is 0 Å². The van der Waals surface area contributed by atoms with Crippen LogP contribution in [0.2, 0.25) is 0 Å². The van der Waals surface area contributed by atoms with E-state index < -0.39 is 25.5 Å². The van der Waals surface area contributed by atoms with Crippen molar-refractivity contribution in [3.05, 3.63) is 24.3 Å². The molecule has 3 N–H and O–H groups in total. The fourth-order valence-corrected chi connectivity index (χ4v) is 4.06. The molecular weight excluding hydrogens is 288 g/mol. The number of anilines is 1. The van der Waals surface area contributed by atoms with E-state index in [9.17, 15) is 16.8 Å². The normalized spacial score (nSPS) is 13.3. The van der Waals surface area contributed by atoms with E-state index in [-0.39, 0.29) is 16.3 Å². The molecule has 0 bridgehead atoms. The van der Waals surface area contributed by atoms with Gasteiger partial charge in [0.15, 0.2) is 0 Å². The zero-order valence-electron chi connectivity index (χ0n) is 11.0. The molecule has 0 saturated carbocycles. The van der Waals surface area contributed by atoms with Crippen LogP contribution in [0.4, 0.5) is 5.69 Å². The molecule has 19 heavy (non-hydrogen) atoms. The third-order valence-electron chi connectivity index (χ3n) is 2.08. The first-order valence-electron chi connectivity index (χ1n) is 5.53. The lowest BCUT2D eigenvalue weighted by atomic mass is 10.0. The molecule has 0 aromatic heterocycles. The number of hydrogen-bond donors (Lipinski definition) is 2. The van der Waals surface area contributed by atoms with Gasteiger partial charge in [-0.1, -0.05) is 32.9 Å². The molecule has 1 aromatic carbocycles. The van der Waals surface area contributed by atoms with Gasteiger partial charge in [-0.05, 0) is 17.5 Å². The minimum absolute atomic E-state index is 0.0331. The topological polar surface area (TPSA) is 106 Å². The largest absolute Gasteiger partial charge is 0.282 e. The van der Waals surface area contributed by atoms with Crippen molar-refractivity contribution in [2.45, 2.75) is 25.7 Å². The van der Waals surface area contributed by atoms with E-state index in [4.69, 9.17) is 5.14 Å². The van der Waals surface area contributed by atoms with Crippen LogP contribution >= 0.6 is 0 Å². The van der Waals surface area contributed by atoms with Gasteiger partial charge in [0, 0.05) is 0 Å². The number of nitrogens with two attached hydrogens (primary N) is 1. The number of rotatable bonds is 4. The Morgan fingerprint density at radius 1 is 1.11 bits per heavy atom. The summed E-state index contributed by atoms with van der Waals surface area (Å²) in [6.45, 7) is 5.33. The van der Waals surface area contributed by atoms with Gasteiger partial charge in [-0.3, -0.25) is 4.72 Å². The van der Waals surface area contributed by atoms with Crippen LogP contribution in [0, 0.1) is 5.41 Å². The standard InChI is InChI=1S/C11H18N2O4S2/c1-11(2,3)8-18(14,15)13-9-6-4-5-7-10(9)19(12,16)17/h4-7,13H,8H2,1-3H3,(H2,12,16,17). The summed E-state index contributed by atoms with van der Waals surface area (Å²) in [4.78, 5) is -0.243. The van der Waals surface area contributed by atoms with E-state index >= 15 is 0 Å². The Hall–Kier alpha value is -1.12. The molecule has 1 rings (SSSR count). The minimum Gasteiger partial charge on any atom is -0.282 e. The molecule has 0 amide bonds. The summed E-state index contributed by atoms with van der Waals surface area (Å²) in [6.07, 6.45) is 0. The highest BCUT2D eigenvalue weighted by Gasteiger charge is 2.23. The van der Waals surface area contributed by atoms with Gasteiger partial charge in [-0.15, -0.1) is 0 Å². The fraction of sp³-hybridized carbons (Fsp3) is 0.455. The Morgan fingerprint density at radius 3 is 2.11 bits per heavy atom. The summed E-state index contributed by atoms with van der Waals surface area (Å²) < 4.78 is 48.9. The summed E-state index contributed by atoms with van der Waals surface area (Å²) in [5.41, 5.74) is -0.475. The zero-order valence-corrected chi connectivity index (χ0v) is 12.7. The van der Waals surface area contributed by atoms with Gasteiger partial charge in [0.25, 0.3) is 0 Å². The Kier molecular flexibility index (Phi) is 4.28. The predicted octanol–water partition coefficient (Wildman–Crippen LogP) is 1.12. The third kappa shape index (κ3) is 5.17. The zero-order chi connectivity index (χ0) is 14.9. The van der Waals surface area contributed by atoms with E-state index in [2.05, 4.69) is 4.72 Å². The van der Waals surface area contributed by atoms with Crippen LogP contribution in [-0.2, 0) is 20.0 Å². The maximum Gasteiger partial charge on any atom is 0.240 e. The van der Waals surface area contributed by atoms with Crippen LogP contribution in [0.3, 0.4) is 0 Å². The molecule has 0 heterocycles. The SMILES string of the molecule is CC(C)(C)CS(=O)(=O)Nc1ccccc1S(N)(=O)=O. The summed E-state index contributed by atoms with van der Waals surface area (Å²) in [6, 6.07) is 5.62. The lowest BCUT2D eigenvalue weighted by Crippen LogP contribution is -2.27. The average molecular weight is 306 g/mol. The Labute approximate surface area is 114 Å². The second-order valence-electron chi connectivity index (χ2n) is 5.46. The van der Waals surface area contributed by atoms with E-state index in [1.807, 2.05) is 0 Å². The molecule has 108 valence electrons. The Morgan fingerprint density at radius 2 is 1.63 bits per heavy atom. The van der Waals surface area contributed by atoms with E-state index in [1.54, 1.807) is 20.8 Å². The lowest BCUT2D eigenvalue weighted by Gasteiger charge is -2.19. The quantitative estimate of drug-likeness (QED) is 0.869. The lowest BCUT2D eigenvalue weighted by molar-refractivity contribution is 0.463. The summed E-state index contributed by atoms with van der Waals surface area (Å²) in [7, 11) is -7.62. The maximum absolute atomic E-state index is 11.9. The second kappa shape index (κ2) is 5.10. The number of para-hydroxylation sites is 1. The molecule has 6 nitrogen and oxygen atoms in total. The van der Waals surface area contributed by atoms with Gasteiger partial charge < -0.3 is 0 Å². The third-order valence-corrected chi connectivity index (χ3v) is 4.83. The highest BCUT2D eigenvalue weighted by Crippen LogP contribution is 2.23. The van der Waals surface area contributed by atoms with Crippen molar-refractivity contribution in [2.75, 3.05) is 10.5 Å². The van der Waals surface area contributed by atoms with Gasteiger partial charge in [-0.25, -0.2) is 22.0 Å². The van der Waals surface area contributed by atoms with Crippen molar-refractivity contribution < 1.29 is 16.8 Å². The van der Waals surface area contributed by atoms with Gasteiger partial charge in [0.2, 0.25) is 20.0 Å². The van der Waals surface area contributed by atoms with Crippen LogP contribution in [0.25, 0.3) is 0 Å². The number of nitrogens with one attached hydrogen (secondary N) is 1. The molecular formula is C11H18N2O4S2. The van der Waals surface area contributed by atoms with Crippen molar-refractivity contribution in [3.63, 3.8) is 0 Å². The molecule has 0 aliphatic carbocycles. The van der Waals surface area contributed by atoms with Crippen molar-refractivity contribution in [1.82, 2.24) is 0 Å². The molecule has 0 fully saturated rings. The molecule has 0 saturated heterocycles. The smallest absolute Gasteiger partial charge is 0.240 e. The van der Waals surface area contributed by atoms with Crippen LogP contribution in [-0.4, -0.2) is 22.6 Å². The number of hydrogen-bond acceptors (Lipinski definition) is 4. The summed E-state index contributed by atoms with van der Waals surface area (Å²) in [5, 5.41) is 5.04. The van der Waals surface area contributed by atoms with Crippen molar-refractivity contribution in [2.24, 2.45) is 10.6 Å². The first-order chi connectivity index (χ1) is 8.41. The highest BCUT2D eigenvalue weighted by atomic mass is 32.2. The summed E-state index contributed by atoms with van der Waals surface area (Å²) in [5.74, 6) is -0.126. The molecule has 8 heteroatoms. The summed E-state index contributed by atoms with van der Waals surface area (Å²) >= 11 is 0. The minimum atomic E-state index is -3.98. The van der Waals surface area contributed by atoms with Gasteiger partial charge in [-0.2, -0.15) is 0 Å². The molecule has 1 aromatic rings. The van der Waals surface area contributed by atoms with Gasteiger partial charge >= 0.3 is 0 Å². The molecule has 0 atom stereocenters. The Balaban J connectivity index is 3.15. The monoisotopic (exact) mass is 306 g/mol. The molecule has 0 aliphatic rings. The van der Waals surface area contributed by atoms with Crippen LogP contribution in [0.1, 0.15) is 20.8 Å². The number of sulfonamides is 2. The molecule has 0 radical (unpaired) electrons.